The van der Waals surface area contributed by atoms with Gasteiger partial charge >= 0.3 is 0 Å². The lowest BCUT2D eigenvalue weighted by Gasteiger charge is -2.08. The summed E-state index contributed by atoms with van der Waals surface area (Å²) in [7, 11) is 0. The van der Waals surface area contributed by atoms with Crippen LogP contribution in [0.1, 0.15) is 26.1 Å². The molecule has 31 heavy (non-hydrogen) atoms. The Morgan fingerprint density at radius 3 is 2.48 bits per heavy atom. The second kappa shape index (κ2) is 8.91. The quantitative estimate of drug-likeness (QED) is 0.481. The zero-order valence-corrected chi connectivity index (χ0v) is 19.0. The topological polar surface area (TPSA) is 89.8 Å². The number of hydrogen-bond donors (Lipinski definition) is 1. The molecule has 1 aromatic carbocycles. The van der Waals surface area contributed by atoms with Crippen LogP contribution in [0.25, 0.3) is 21.1 Å². The zero-order chi connectivity index (χ0) is 22.0. The molecule has 0 spiro atoms. The van der Waals surface area contributed by atoms with Gasteiger partial charge in [0.1, 0.15) is 15.6 Å². The molecule has 0 atom stereocenters. The van der Waals surface area contributed by atoms with Crippen LogP contribution in [0.5, 0.6) is 0 Å². The molecule has 0 saturated heterocycles. The maximum atomic E-state index is 12.7. The molecular formula is C22H21N5O2S2. The fourth-order valence-corrected chi connectivity index (χ4v) is 5.04. The first-order valence-electron chi connectivity index (χ1n) is 9.76. The zero-order valence-electron chi connectivity index (χ0n) is 17.4. The monoisotopic (exact) mass is 451 g/mol. The van der Waals surface area contributed by atoms with Crippen LogP contribution in [-0.2, 0) is 6.54 Å². The maximum Gasteiger partial charge on any atom is 0.266 e. The minimum absolute atomic E-state index is 0.199. The summed E-state index contributed by atoms with van der Waals surface area (Å²) in [6, 6.07) is 13.0. The van der Waals surface area contributed by atoms with E-state index in [0.717, 1.165) is 26.1 Å². The molecule has 4 aromatic rings. The van der Waals surface area contributed by atoms with Gasteiger partial charge in [-0.25, -0.2) is 14.6 Å². The summed E-state index contributed by atoms with van der Waals surface area (Å²) in [6.45, 7) is 6.26. The molecule has 9 heteroatoms. The first-order chi connectivity index (χ1) is 14.9. The van der Waals surface area contributed by atoms with Crippen molar-refractivity contribution in [2.45, 2.75) is 27.3 Å². The molecule has 0 bridgehead atoms. The third kappa shape index (κ3) is 4.62. The van der Waals surface area contributed by atoms with Crippen LogP contribution in [0.3, 0.4) is 0 Å². The fourth-order valence-electron chi connectivity index (χ4n) is 3.17. The number of aromatic nitrogens is 4. The highest BCUT2D eigenvalue weighted by Crippen LogP contribution is 2.28. The normalized spacial score (nSPS) is 10.9. The summed E-state index contributed by atoms with van der Waals surface area (Å²) < 4.78 is 1.37. The molecule has 4 rings (SSSR count). The minimum atomic E-state index is -0.211. The van der Waals surface area contributed by atoms with Gasteiger partial charge in [-0.1, -0.05) is 30.3 Å². The number of thiazole rings is 2. The molecule has 0 radical (unpaired) electrons. The van der Waals surface area contributed by atoms with Crippen LogP contribution in [-0.4, -0.2) is 32.2 Å². The molecule has 7 nitrogen and oxygen atoms in total. The average molecular weight is 452 g/mol. The number of aryl methyl sites for hydroxylation is 3. The second-order valence-electron chi connectivity index (χ2n) is 6.98. The van der Waals surface area contributed by atoms with E-state index in [0.29, 0.717) is 16.3 Å². The van der Waals surface area contributed by atoms with E-state index in [1.807, 2.05) is 51.1 Å². The number of rotatable bonds is 6. The van der Waals surface area contributed by atoms with Crippen LogP contribution in [0.4, 0.5) is 0 Å². The number of carbonyl (C=O) groups excluding carboxylic acids is 1. The number of carbonyl (C=O) groups is 1. The molecule has 0 aliphatic heterocycles. The van der Waals surface area contributed by atoms with Crippen molar-refractivity contribution in [1.82, 2.24) is 25.1 Å². The van der Waals surface area contributed by atoms with Gasteiger partial charge in [0.25, 0.3) is 11.5 Å². The highest BCUT2D eigenvalue weighted by atomic mass is 32.1. The van der Waals surface area contributed by atoms with E-state index in [1.165, 1.54) is 22.1 Å². The predicted octanol–water partition coefficient (Wildman–Crippen LogP) is 3.85. The van der Waals surface area contributed by atoms with Gasteiger partial charge in [-0.2, -0.15) is 5.10 Å². The van der Waals surface area contributed by atoms with Crippen molar-refractivity contribution in [1.29, 1.82) is 0 Å². The molecule has 0 aliphatic carbocycles. The van der Waals surface area contributed by atoms with Crippen molar-refractivity contribution in [2.24, 2.45) is 0 Å². The van der Waals surface area contributed by atoms with E-state index in [9.17, 15) is 9.59 Å². The summed E-state index contributed by atoms with van der Waals surface area (Å²) in [4.78, 5) is 35.4. The number of nitrogens with one attached hydrogen (secondary N) is 1. The molecule has 0 fully saturated rings. The molecule has 0 aliphatic rings. The first kappa shape index (κ1) is 21.1. The Labute approximate surface area is 187 Å². The van der Waals surface area contributed by atoms with E-state index >= 15 is 0 Å². The lowest BCUT2D eigenvalue weighted by Crippen LogP contribution is -2.31. The second-order valence-corrected chi connectivity index (χ2v) is 9.19. The Kier molecular flexibility index (Phi) is 6.06. The molecule has 1 amide bonds. The van der Waals surface area contributed by atoms with Crippen molar-refractivity contribution in [3.05, 3.63) is 74.1 Å². The summed E-state index contributed by atoms with van der Waals surface area (Å²) in [5, 5.41) is 9.10. The highest BCUT2D eigenvalue weighted by Gasteiger charge is 2.16. The Hall–Kier alpha value is -3.17. The van der Waals surface area contributed by atoms with Crippen LogP contribution in [0.15, 0.2) is 47.3 Å². The summed E-state index contributed by atoms with van der Waals surface area (Å²) in [5.74, 6) is -0.199. The first-order valence-corrected chi connectivity index (χ1v) is 11.4. The van der Waals surface area contributed by atoms with Gasteiger partial charge in [-0.05, 0) is 26.8 Å². The number of amides is 1. The van der Waals surface area contributed by atoms with Gasteiger partial charge < -0.3 is 5.32 Å². The smallest absolute Gasteiger partial charge is 0.266 e. The average Bonchev–Trinajstić information content (AvgIpc) is 3.31. The number of nitrogens with zero attached hydrogens (tertiary/aromatic N) is 4. The van der Waals surface area contributed by atoms with Gasteiger partial charge in [0.05, 0.1) is 27.8 Å². The van der Waals surface area contributed by atoms with Crippen molar-refractivity contribution in [2.75, 3.05) is 6.54 Å². The number of benzene rings is 1. The Balaban J connectivity index is 1.45. The molecule has 158 valence electrons. The largest absolute Gasteiger partial charge is 0.349 e. The maximum absolute atomic E-state index is 12.7. The third-order valence-electron chi connectivity index (χ3n) is 4.64. The molecule has 0 unspecified atom stereocenters. The van der Waals surface area contributed by atoms with Crippen molar-refractivity contribution in [3.8, 4) is 21.1 Å². The number of hydrogen-bond acceptors (Lipinski definition) is 7. The van der Waals surface area contributed by atoms with Gasteiger partial charge in [0, 0.05) is 18.2 Å². The molecule has 0 saturated carbocycles. The van der Waals surface area contributed by atoms with Gasteiger partial charge in [-0.15, -0.1) is 22.7 Å². The Morgan fingerprint density at radius 2 is 1.77 bits per heavy atom. The van der Waals surface area contributed by atoms with E-state index in [-0.39, 0.29) is 24.6 Å². The van der Waals surface area contributed by atoms with E-state index in [4.69, 9.17) is 0 Å². The SMILES string of the molecule is Cc1nc(C)c(-c2ccc(=O)n(CCNC(=O)c3sc(-c4ccccc4)nc3C)n2)s1. The highest BCUT2D eigenvalue weighted by molar-refractivity contribution is 7.17. The van der Waals surface area contributed by atoms with Crippen LogP contribution in [0, 0.1) is 20.8 Å². The summed E-state index contributed by atoms with van der Waals surface area (Å²) >= 11 is 2.91. The van der Waals surface area contributed by atoms with Gasteiger partial charge in [0.2, 0.25) is 0 Å². The Morgan fingerprint density at radius 1 is 1.00 bits per heavy atom. The van der Waals surface area contributed by atoms with E-state index < -0.39 is 0 Å². The van der Waals surface area contributed by atoms with Crippen LogP contribution >= 0.6 is 22.7 Å². The van der Waals surface area contributed by atoms with E-state index in [1.54, 1.807) is 17.4 Å². The molecule has 3 aromatic heterocycles. The summed E-state index contributed by atoms with van der Waals surface area (Å²) in [6.07, 6.45) is 0. The van der Waals surface area contributed by atoms with Crippen LogP contribution < -0.4 is 10.9 Å². The van der Waals surface area contributed by atoms with Crippen molar-refractivity contribution in [3.63, 3.8) is 0 Å². The molecule has 3 heterocycles. The van der Waals surface area contributed by atoms with Crippen molar-refractivity contribution < 1.29 is 4.79 Å². The third-order valence-corrected chi connectivity index (χ3v) is 6.94. The molecule has 1 N–H and O–H groups in total. The van der Waals surface area contributed by atoms with E-state index in [2.05, 4.69) is 20.4 Å². The van der Waals surface area contributed by atoms with Gasteiger partial charge in [-0.3, -0.25) is 9.59 Å². The fraction of sp³-hybridized carbons (Fsp3) is 0.227. The van der Waals surface area contributed by atoms with Gasteiger partial charge in [0.15, 0.2) is 0 Å². The van der Waals surface area contributed by atoms with Crippen molar-refractivity contribution >= 4 is 28.6 Å². The standard InChI is InChI=1S/C22H21N5O2S2/c1-13-19(30-15(3)24-13)17-9-10-18(28)27(26-17)12-11-23-21(29)20-14(2)25-22(31-20)16-7-5-4-6-8-16/h4-10H,11-12H2,1-3H3,(H,23,29). The predicted molar refractivity (Wildman–Crippen MR) is 124 cm³/mol. The van der Waals surface area contributed by atoms with Crippen LogP contribution in [0.2, 0.25) is 0 Å². The minimum Gasteiger partial charge on any atom is -0.349 e. The molecular weight excluding hydrogens is 430 g/mol. The Bertz CT molecular complexity index is 1290. The lowest BCUT2D eigenvalue weighted by molar-refractivity contribution is 0.0955. The summed E-state index contributed by atoms with van der Waals surface area (Å²) in [5.41, 5.74) is 3.06. The lowest BCUT2D eigenvalue weighted by atomic mass is 10.2.